The third-order valence-electron chi connectivity index (χ3n) is 7.39. The van der Waals surface area contributed by atoms with Crippen molar-refractivity contribution in [2.45, 2.75) is 64.8 Å². The Balaban J connectivity index is 1.48. The highest BCUT2D eigenvalue weighted by Crippen LogP contribution is 2.42. The maximum Gasteiger partial charge on any atom is 0.416 e. The van der Waals surface area contributed by atoms with Crippen LogP contribution in [0.2, 0.25) is 0 Å². The molecular formula is C27H31BrF3N7O4. The second-order valence-corrected chi connectivity index (χ2v) is 12.3. The number of piperazine rings is 1. The highest BCUT2D eigenvalue weighted by atomic mass is 79.9. The maximum atomic E-state index is 13.8. The lowest BCUT2D eigenvalue weighted by molar-refractivity contribution is -0.137. The van der Waals surface area contributed by atoms with Crippen LogP contribution >= 0.6 is 15.9 Å². The highest BCUT2D eigenvalue weighted by molar-refractivity contribution is 9.10. The van der Waals surface area contributed by atoms with Crippen LogP contribution in [-0.2, 0) is 15.7 Å². The van der Waals surface area contributed by atoms with Gasteiger partial charge in [-0.05, 0) is 73.8 Å². The third kappa shape index (κ3) is 5.57. The topological polar surface area (TPSA) is 114 Å². The SMILES string of the molecule is Cc1cc(C(F)(F)F)ccc1NC(=O)[C@H]1C[C@@H](C)c2c(N3CCN(C(=O)OC(C)(C)C)CC3)c(=O)n3nc(Br)nc3n21. The van der Waals surface area contributed by atoms with Gasteiger partial charge in [-0.2, -0.15) is 22.7 Å². The first-order chi connectivity index (χ1) is 19.5. The Morgan fingerprint density at radius 1 is 1.12 bits per heavy atom. The molecule has 3 aromatic rings. The van der Waals surface area contributed by atoms with Gasteiger partial charge in [-0.25, -0.2) is 4.79 Å². The first-order valence-corrected chi connectivity index (χ1v) is 14.3. The number of rotatable bonds is 3. The van der Waals surface area contributed by atoms with Gasteiger partial charge in [0.1, 0.15) is 17.3 Å². The van der Waals surface area contributed by atoms with Crippen molar-refractivity contribution >= 4 is 45.1 Å². The van der Waals surface area contributed by atoms with Crippen LogP contribution in [0.15, 0.2) is 27.7 Å². The first kappa shape index (κ1) is 29.9. The minimum absolute atomic E-state index is 0.165. The Bertz CT molecular complexity index is 1620. The minimum Gasteiger partial charge on any atom is -0.444 e. The summed E-state index contributed by atoms with van der Waals surface area (Å²) in [6.07, 6.45) is -4.59. The Morgan fingerprint density at radius 3 is 2.38 bits per heavy atom. The molecule has 15 heteroatoms. The van der Waals surface area contributed by atoms with Gasteiger partial charge < -0.3 is 19.9 Å². The molecular weight excluding hydrogens is 623 g/mol. The molecule has 0 aliphatic carbocycles. The van der Waals surface area contributed by atoms with Gasteiger partial charge in [0, 0.05) is 37.8 Å². The van der Waals surface area contributed by atoms with Gasteiger partial charge in [-0.3, -0.25) is 14.2 Å². The van der Waals surface area contributed by atoms with Crippen molar-refractivity contribution in [2.75, 3.05) is 36.4 Å². The zero-order valence-electron chi connectivity index (χ0n) is 23.8. The van der Waals surface area contributed by atoms with E-state index in [9.17, 15) is 27.6 Å². The number of aromatic nitrogens is 4. The fraction of sp³-hybridized carbons (Fsp3) is 0.519. The lowest BCUT2D eigenvalue weighted by atomic mass is 10.0. The van der Waals surface area contributed by atoms with Crippen LogP contribution in [0.4, 0.5) is 29.3 Å². The molecule has 0 spiro atoms. The Hall–Kier alpha value is -3.62. The normalized spacial score (nSPS) is 19.3. The largest absolute Gasteiger partial charge is 0.444 e. The quantitative estimate of drug-likeness (QED) is 0.435. The van der Waals surface area contributed by atoms with E-state index in [4.69, 9.17) is 4.74 Å². The predicted octanol–water partition coefficient (Wildman–Crippen LogP) is 4.72. The number of nitrogens with one attached hydrogen (secondary N) is 1. The van der Waals surface area contributed by atoms with Crippen LogP contribution in [0.3, 0.4) is 0 Å². The molecule has 1 N–H and O–H groups in total. The summed E-state index contributed by atoms with van der Waals surface area (Å²) in [4.78, 5) is 47.8. The van der Waals surface area contributed by atoms with E-state index in [2.05, 4.69) is 31.3 Å². The van der Waals surface area contributed by atoms with E-state index in [1.807, 2.05) is 11.8 Å². The molecule has 5 rings (SSSR count). The fourth-order valence-corrected chi connectivity index (χ4v) is 5.81. The van der Waals surface area contributed by atoms with Crippen LogP contribution in [-0.4, -0.2) is 67.8 Å². The summed E-state index contributed by atoms with van der Waals surface area (Å²) in [6, 6.07) is 2.34. The average Bonchev–Trinajstić information content (AvgIpc) is 3.44. The summed E-state index contributed by atoms with van der Waals surface area (Å²) < 4.78 is 47.9. The zero-order chi connectivity index (χ0) is 30.7. The molecule has 0 saturated carbocycles. The number of nitrogens with zero attached hydrogens (tertiary/aromatic N) is 6. The molecule has 11 nitrogen and oxygen atoms in total. The molecule has 0 bridgehead atoms. The number of halogens is 4. The minimum atomic E-state index is -4.50. The molecule has 226 valence electrons. The van der Waals surface area contributed by atoms with Gasteiger partial charge >= 0.3 is 12.3 Å². The molecule has 1 saturated heterocycles. The van der Waals surface area contributed by atoms with Crippen molar-refractivity contribution in [2.24, 2.45) is 0 Å². The Morgan fingerprint density at radius 2 is 1.79 bits per heavy atom. The van der Waals surface area contributed by atoms with E-state index >= 15 is 0 Å². The standard InChI is InChI=1S/C27H31BrF3N7O4/c1-14-12-16(27(29,30)31)6-7-17(14)32-21(39)18-13-15(2)19-20(22(40)38-24(37(18)19)33-23(28)34-38)35-8-10-36(11-9-35)25(41)42-26(3,4)5/h6-7,12,15,18H,8-11,13H2,1-5H3,(H,32,39)/t15-,18-/m1/s1. The van der Waals surface area contributed by atoms with Crippen LogP contribution in [0.25, 0.3) is 5.78 Å². The number of benzene rings is 1. The van der Waals surface area contributed by atoms with Crippen molar-refractivity contribution in [3.8, 4) is 0 Å². The van der Waals surface area contributed by atoms with Crippen molar-refractivity contribution in [1.29, 1.82) is 0 Å². The number of amides is 2. The molecule has 2 aromatic heterocycles. The molecule has 0 unspecified atom stereocenters. The summed E-state index contributed by atoms with van der Waals surface area (Å²) in [5.41, 5.74) is -0.327. The van der Waals surface area contributed by atoms with Crippen molar-refractivity contribution in [3.63, 3.8) is 0 Å². The molecule has 2 atom stereocenters. The molecule has 1 aromatic carbocycles. The van der Waals surface area contributed by atoms with E-state index in [1.54, 1.807) is 30.2 Å². The summed E-state index contributed by atoms with van der Waals surface area (Å²) >= 11 is 3.23. The maximum absolute atomic E-state index is 13.8. The molecule has 4 heterocycles. The van der Waals surface area contributed by atoms with Crippen molar-refractivity contribution < 1.29 is 27.5 Å². The number of ether oxygens (including phenoxy) is 1. The van der Waals surface area contributed by atoms with Crippen molar-refractivity contribution in [3.05, 3.63) is 50.1 Å². The summed E-state index contributed by atoms with van der Waals surface area (Å²) in [7, 11) is 0. The van der Waals surface area contributed by atoms with Gasteiger partial charge in [-0.1, -0.05) is 6.92 Å². The first-order valence-electron chi connectivity index (χ1n) is 13.5. The van der Waals surface area contributed by atoms with Crippen LogP contribution < -0.4 is 15.8 Å². The number of carbonyl (C=O) groups is 2. The Labute approximate surface area is 247 Å². The highest BCUT2D eigenvalue weighted by Gasteiger charge is 2.40. The second kappa shape index (κ2) is 10.6. The van der Waals surface area contributed by atoms with Gasteiger partial charge in [-0.15, -0.1) is 5.10 Å². The van der Waals surface area contributed by atoms with Gasteiger partial charge in [0.15, 0.2) is 0 Å². The fourth-order valence-electron chi connectivity index (χ4n) is 5.49. The third-order valence-corrected chi connectivity index (χ3v) is 7.73. The van der Waals surface area contributed by atoms with Gasteiger partial charge in [0.25, 0.3) is 5.56 Å². The zero-order valence-corrected chi connectivity index (χ0v) is 25.3. The number of anilines is 2. The van der Waals surface area contributed by atoms with E-state index in [0.29, 0.717) is 44.0 Å². The molecule has 1 fully saturated rings. The number of aryl methyl sites for hydroxylation is 1. The van der Waals surface area contributed by atoms with Crippen LogP contribution in [0.5, 0.6) is 0 Å². The monoisotopic (exact) mass is 653 g/mol. The number of alkyl halides is 3. The van der Waals surface area contributed by atoms with Gasteiger partial charge in [0.05, 0.1) is 11.3 Å². The number of fused-ring (bicyclic) bond motifs is 3. The van der Waals surface area contributed by atoms with Gasteiger partial charge in [0.2, 0.25) is 16.4 Å². The number of hydrogen-bond acceptors (Lipinski definition) is 7. The summed E-state index contributed by atoms with van der Waals surface area (Å²) in [5, 5.41) is 6.99. The lowest BCUT2D eigenvalue weighted by Crippen LogP contribution is -2.51. The average molecular weight is 654 g/mol. The molecule has 0 radical (unpaired) electrons. The second-order valence-electron chi connectivity index (χ2n) is 11.6. The lowest BCUT2D eigenvalue weighted by Gasteiger charge is -2.37. The molecule has 2 amide bonds. The predicted molar refractivity (Wildman–Crippen MR) is 152 cm³/mol. The van der Waals surface area contributed by atoms with E-state index in [1.165, 1.54) is 13.0 Å². The molecule has 2 aliphatic rings. The number of hydrogen-bond donors (Lipinski definition) is 1. The Kier molecular flexibility index (Phi) is 7.52. The van der Waals surface area contributed by atoms with Crippen LogP contribution in [0, 0.1) is 6.92 Å². The molecule has 42 heavy (non-hydrogen) atoms. The van der Waals surface area contributed by atoms with E-state index < -0.39 is 40.9 Å². The summed E-state index contributed by atoms with van der Waals surface area (Å²) in [6.45, 7) is 10.2. The van der Waals surface area contributed by atoms with Crippen LogP contribution in [0.1, 0.15) is 62.9 Å². The smallest absolute Gasteiger partial charge is 0.416 e. The van der Waals surface area contributed by atoms with E-state index in [0.717, 1.165) is 16.6 Å². The number of carbonyl (C=O) groups excluding carboxylic acids is 2. The van der Waals surface area contributed by atoms with Crippen molar-refractivity contribution in [1.82, 2.24) is 24.1 Å². The summed E-state index contributed by atoms with van der Waals surface area (Å²) in [5.74, 6) is -0.512. The van der Waals surface area contributed by atoms with E-state index in [-0.39, 0.29) is 27.7 Å². The molecule has 2 aliphatic heterocycles.